The molecule has 2 rings (SSSR count). The topological polar surface area (TPSA) is 74.8 Å². The van der Waals surface area contributed by atoms with E-state index in [0.717, 1.165) is 0 Å². The van der Waals surface area contributed by atoms with Crippen LogP contribution in [0.2, 0.25) is 5.02 Å². The second-order valence-corrected chi connectivity index (χ2v) is 3.70. The molecular formula is C10H8ClN3O2. The van der Waals surface area contributed by atoms with E-state index in [1.54, 1.807) is 18.2 Å². The zero-order chi connectivity index (χ0) is 11.7. The van der Waals surface area contributed by atoms with Gasteiger partial charge >= 0.3 is 5.69 Å². The standard InChI is InChI=1S/C10H8ClN3O2/c1-5(15)12-9-7-4-6(11)2-3-8(7)13-10(16)14-9/h2-4H,1H3,(H2,12,13,14,15,16). The lowest BCUT2D eigenvalue weighted by Gasteiger charge is -2.05. The molecule has 0 radical (unpaired) electrons. The van der Waals surface area contributed by atoms with Crippen molar-refractivity contribution in [1.29, 1.82) is 0 Å². The third-order valence-electron chi connectivity index (χ3n) is 1.99. The Labute approximate surface area is 95.5 Å². The highest BCUT2D eigenvalue weighted by atomic mass is 35.5. The quantitative estimate of drug-likeness (QED) is 0.790. The van der Waals surface area contributed by atoms with E-state index in [0.29, 0.717) is 15.9 Å². The van der Waals surface area contributed by atoms with Gasteiger partial charge in [-0.1, -0.05) is 11.6 Å². The fourth-order valence-electron chi connectivity index (χ4n) is 1.39. The number of carbonyl (C=O) groups is 1. The predicted molar refractivity (Wildman–Crippen MR) is 61.7 cm³/mol. The molecule has 0 saturated carbocycles. The molecule has 2 aromatic rings. The summed E-state index contributed by atoms with van der Waals surface area (Å²) >= 11 is 5.83. The SMILES string of the molecule is CC(=O)Nc1nc(=O)[nH]c2ccc(Cl)cc12. The van der Waals surface area contributed by atoms with Gasteiger partial charge in [-0.15, -0.1) is 0 Å². The Morgan fingerprint density at radius 2 is 2.25 bits per heavy atom. The number of hydrogen-bond acceptors (Lipinski definition) is 3. The summed E-state index contributed by atoms with van der Waals surface area (Å²) in [5.41, 5.74) is 0.0618. The summed E-state index contributed by atoms with van der Waals surface area (Å²) in [6.45, 7) is 1.35. The zero-order valence-corrected chi connectivity index (χ0v) is 9.13. The number of nitrogens with one attached hydrogen (secondary N) is 2. The summed E-state index contributed by atoms with van der Waals surface area (Å²) in [6, 6.07) is 4.94. The Bertz CT molecular complexity index is 621. The third kappa shape index (κ3) is 2.04. The minimum Gasteiger partial charge on any atom is -0.310 e. The fraction of sp³-hybridized carbons (Fsp3) is 0.100. The number of benzene rings is 1. The van der Waals surface area contributed by atoms with Crippen LogP contribution in [0.3, 0.4) is 0 Å². The molecule has 16 heavy (non-hydrogen) atoms. The van der Waals surface area contributed by atoms with Crippen LogP contribution >= 0.6 is 11.6 Å². The Morgan fingerprint density at radius 1 is 1.50 bits per heavy atom. The van der Waals surface area contributed by atoms with Gasteiger partial charge in [0.1, 0.15) is 5.82 Å². The first kappa shape index (κ1) is 10.6. The van der Waals surface area contributed by atoms with Crippen LogP contribution in [0.25, 0.3) is 10.9 Å². The van der Waals surface area contributed by atoms with E-state index >= 15 is 0 Å². The van der Waals surface area contributed by atoms with Gasteiger partial charge in [0.25, 0.3) is 0 Å². The van der Waals surface area contributed by atoms with Crippen LogP contribution in [-0.4, -0.2) is 15.9 Å². The number of anilines is 1. The molecule has 0 aliphatic rings. The van der Waals surface area contributed by atoms with Gasteiger partial charge in [0.15, 0.2) is 0 Å². The van der Waals surface area contributed by atoms with Crippen molar-refractivity contribution in [3.8, 4) is 0 Å². The van der Waals surface area contributed by atoms with Gasteiger partial charge in [-0.05, 0) is 18.2 Å². The van der Waals surface area contributed by atoms with E-state index in [2.05, 4.69) is 15.3 Å². The number of aromatic nitrogens is 2. The van der Waals surface area contributed by atoms with Gasteiger partial charge in [-0.2, -0.15) is 4.98 Å². The van der Waals surface area contributed by atoms with Crippen molar-refractivity contribution >= 4 is 34.2 Å². The average Bonchev–Trinajstić information content (AvgIpc) is 2.18. The minimum atomic E-state index is -0.515. The lowest BCUT2D eigenvalue weighted by molar-refractivity contribution is -0.114. The summed E-state index contributed by atoms with van der Waals surface area (Å²) in [6.07, 6.45) is 0. The molecule has 0 spiro atoms. The number of carbonyl (C=O) groups excluding carboxylic acids is 1. The average molecular weight is 238 g/mol. The van der Waals surface area contributed by atoms with Gasteiger partial charge in [-0.3, -0.25) is 4.79 Å². The Balaban J connectivity index is 2.74. The van der Waals surface area contributed by atoms with E-state index in [1.165, 1.54) is 6.92 Å². The van der Waals surface area contributed by atoms with Gasteiger partial charge in [0, 0.05) is 17.3 Å². The molecule has 0 aliphatic carbocycles. The molecule has 0 unspecified atom stereocenters. The second kappa shape index (κ2) is 3.94. The Kier molecular flexibility index (Phi) is 2.62. The van der Waals surface area contributed by atoms with Gasteiger partial charge in [0.05, 0.1) is 5.52 Å². The van der Waals surface area contributed by atoms with Crippen LogP contribution in [0.15, 0.2) is 23.0 Å². The minimum absolute atomic E-state index is 0.216. The van der Waals surface area contributed by atoms with Gasteiger partial charge in [0.2, 0.25) is 5.91 Å². The maximum absolute atomic E-state index is 11.2. The fourth-order valence-corrected chi connectivity index (χ4v) is 1.56. The molecule has 0 atom stereocenters. The number of nitrogens with zero attached hydrogens (tertiary/aromatic N) is 1. The maximum Gasteiger partial charge on any atom is 0.347 e. The number of amides is 1. The van der Waals surface area contributed by atoms with E-state index in [-0.39, 0.29) is 11.7 Å². The number of halogens is 1. The monoisotopic (exact) mass is 237 g/mol. The van der Waals surface area contributed by atoms with Crippen molar-refractivity contribution in [2.45, 2.75) is 6.92 Å². The number of rotatable bonds is 1. The van der Waals surface area contributed by atoms with Crippen LogP contribution in [0, 0.1) is 0 Å². The van der Waals surface area contributed by atoms with Crippen LogP contribution < -0.4 is 11.0 Å². The first-order valence-electron chi connectivity index (χ1n) is 4.53. The second-order valence-electron chi connectivity index (χ2n) is 3.26. The van der Waals surface area contributed by atoms with Crippen molar-refractivity contribution in [3.63, 3.8) is 0 Å². The van der Waals surface area contributed by atoms with Crippen molar-refractivity contribution < 1.29 is 4.79 Å². The van der Waals surface area contributed by atoms with Crippen LogP contribution in [-0.2, 0) is 4.79 Å². The highest BCUT2D eigenvalue weighted by Gasteiger charge is 2.06. The molecule has 1 aromatic carbocycles. The van der Waals surface area contributed by atoms with E-state index < -0.39 is 5.69 Å². The molecular weight excluding hydrogens is 230 g/mol. The lowest BCUT2D eigenvalue weighted by Crippen LogP contribution is -2.16. The summed E-state index contributed by atoms with van der Waals surface area (Å²) in [5, 5.41) is 3.59. The lowest BCUT2D eigenvalue weighted by atomic mass is 10.2. The van der Waals surface area contributed by atoms with E-state index in [4.69, 9.17) is 11.6 Å². The molecule has 0 fully saturated rings. The molecule has 5 nitrogen and oxygen atoms in total. The van der Waals surface area contributed by atoms with Gasteiger partial charge < -0.3 is 10.3 Å². The van der Waals surface area contributed by atoms with Crippen LogP contribution in [0.5, 0.6) is 0 Å². The molecule has 0 saturated heterocycles. The number of H-pyrrole nitrogens is 1. The zero-order valence-electron chi connectivity index (χ0n) is 8.37. The van der Waals surface area contributed by atoms with Crippen molar-refractivity contribution in [1.82, 2.24) is 9.97 Å². The molecule has 1 amide bonds. The van der Waals surface area contributed by atoms with Gasteiger partial charge in [-0.25, -0.2) is 4.79 Å². The summed E-state index contributed by atoms with van der Waals surface area (Å²) < 4.78 is 0. The molecule has 0 aliphatic heterocycles. The maximum atomic E-state index is 11.2. The highest BCUT2D eigenvalue weighted by molar-refractivity contribution is 6.31. The number of fused-ring (bicyclic) bond motifs is 1. The molecule has 1 heterocycles. The number of hydrogen-bond donors (Lipinski definition) is 2. The van der Waals surface area contributed by atoms with E-state index in [1.807, 2.05) is 0 Å². The first-order valence-corrected chi connectivity index (χ1v) is 4.91. The summed E-state index contributed by atoms with van der Waals surface area (Å²) in [4.78, 5) is 28.4. The molecule has 82 valence electrons. The van der Waals surface area contributed by atoms with Crippen LogP contribution in [0.1, 0.15) is 6.92 Å². The van der Waals surface area contributed by atoms with Crippen LogP contribution in [0.4, 0.5) is 5.82 Å². The largest absolute Gasteiger partial charge is 0.347 e. The van der Waals surface area contributed by atoms with Crippen molar-refractivity contribution in [2.75, 3.05) is 5.32 Å². The highest BCUT2D eigenvalue weighted by Crippen LogP contribution is 2.21. The van der Waals surface area contributed by atoms with Crippen molar-refractivity contribution in [3.05, 3.63) is 33.7 Å². The Morgan fingerprint density at radius 3 is 2.94 bits per heavy atom. The summed E-state index contributed by atoms with van der Waals surface area (Å²) in [5.74, 6) is -0.0758. The number of aromatic amines is 1. The molecule has 2 N–H and O–H groups in total. The predicted octanol–water partition coefficient (Wildman–Crippen LogP) is 1.53. The molecule has 0 bridgehead atoms. The Hall–Kier alpha value is -1.88. The first-order chi connectivity index (χ1) is 7.56. The summed E-state index contributed by atoms with van der Waals surface area (Å²) in [7, 11) is 0. The van der Waals surface area contributed by atoms with E-state index in [9.17, 15) is 9.59 Å². The van der Waals surface area contributed by atoms with Crippen molar-refractivity contribution in [2.24, 2.45) is 0 Å². The smallest absolute Gasteiger partial charge is 0.310 e. The normalized spacial score (nSPS) is 10.4. The molecule has 6 heteroatoms. The molecule has 1 aromatic heterocycles. The third-order valence-corrected chi connectivity index (χ3v) is 2.22.